The number of nitrogens with zero attached hydrogens (tertiary/aromatic N) is 2. The van der Waals surface area contributed by atoms with Gasteiger partial charge in [0, 0.05) is 25.9 Å². The number of aromatic nitrogens is 2. The van der Waals surface area contributed by atoms with E-state index in [0.717, 1.165) is 24.5 Å². The van der Waals surface area contributed by atoms with E-state index < -0.39 is 17.0 Å². The topological polar surface area (TPSA) is 56.1 Å². The van der Waals surface area contributed by atoms with Crippen LogP contribution in [0.3, 0.4) is 0 Å². The molecular formula is C18H21F2N3O2. The number of carbonyl (C=O) groups is 1. The number of ether oxygens (including phenoxy) is 1. The second-order valence-corrected chi connectivity index (χ2v) is 6.47. The largest absolute Gasteiger partial charge is 0.480 e. The van der Waals surface area contributed by atoms with Gasteiger partial charge in [0.25, 0.3) is 0 Å². The molecule has 1 heterocycles. The van der Waals surface area contributed by atoms with Crippen molar-refractivity contribution in [2.45, 2.75) is 37.6 Å². The molecule has 1 N–H and O–H groups in total. The van der Waals surface area contributed by atoms with Gasteiger partial charge in [0.05, 0.1) is 18.1 Å². The number of halogens is 2. The van der Waals surface area contributed by atoms with Crippen LogP contribution in [0.15, 0.2) is 24.4 Å². The predicted octanol–water partition coefficient (Wildman–Crippen LogP) is 2.84. The van der Waals surface area contributed by atoms with Gasteiger partial charge in [-0.2, -0.15) is 0 Å². The number of aryl methyl sites for hydroxylation is 1. The van der Waals surface area contributed by atoms with Gasteiger partial charge >= 0.3 is 0 Å². The lowest BCUT2D eigenvalue weighted by molar-refractivity contribution is -0.126. The molecule has 1 aromatic carbocycles. The lowest BCUT2D eigenvalue weighted by Gasteiger charge is -2.28. The molecule has 0 aliphatic heterocycles. The highest BCUT2D eigenvalue weighted by atomic mass is 19.1. The van der Waals surface area contributed by atoms with Crippen LogP contribution in [0.25, 0.3) is 0 Å². The summed E-state index contributed by atoms with van der Waals surface area (Å²) in [6.45, 7) is 0.245. The average molecular weight is 349 g/mol. The van der Waals surface area contributed by atoms with Crippen LogP contribution in [0.2, 0.25) is 0 Å². The molecule has 0 saturated heterocycles. The van der Waals surface area contributed by atoms with Gasteiger partial charge in [-0.05, 0) is 30.5 Å². The first kappa shape index (κ1) is 17.4. The number of hydrogen-bond acceptors (Lipinski definition) is 3. The Morgan fingerprint density at radius 3 is 2.52 bits per heavy atom. The maximum absolute atomic E-state index is 13.7. The van der Waals surface area contributed by atoms with Crippen LogP contribution in [-0.2, 0) is 23.8 Å². The molecule has 1 amide bonds. The molecule has 7 heteroatoms. The minimum Gasteiger partial charge on any atom is -0.480 e. The van der Waals surface area contributed by atoms with Crippen LogP contribution >= 0.6 is 0 Å². The van der Waals surface area contributed by atoms with Crippen molar-refractivity contribution >= 4 is 5.91 Å². The summed E-state index contributed by atoms with van der Waals surface area (Å²) in [5.74, 6) is -1.10. The van der Waals surface area contributed by atoms with Gasteiger partial charge in [-0.25, -0.2) is 8.78 Å². The van der Waals surface area contributed by atoms with Crippen LogP contribution in [-0.4, -0.2) is 22.8 Å². The van der Waals surface area contributed by atoms with Crippen molar-refractivity contribution in [1.82, 2.24) is 15.1 Å². The van der Waals surface area contributed by atoms with E-state index >= 15 is 0 Å². The minimum absolute atomic E-state index is 0.221. The molecule has 1 fully saturated rings. The zero-order valence-corrected chi connectivity index (χ0v) is 14.3. The van der Waals surface area contributed by atoms with E-state index in [4.69, 9.17) is 4.74 Å². The van der Waals surface area contributed by atoms with Gasteiger partial charge in [-0.15, -0.1) is 5.10 Å². The smallest absolute Gasteiger partial charge is 0.237 e. The van der Waals surface area contributed by atoms with Crippen LogP contribution in [0.5, 0.6) is 5.88 Å². The van der Waals surface area contributed by atoms with Crippen LogP contribution in [0.4, 0.5) is 8.78 Å². The number of nitrogens with one attached hydrogen (secondary N) is 1. The second kappa shape index (κ2) is 6.82. The standard InChI is InChI=1S/C18H21F2N3O2/c1-23-11-12(16(22-23)25-2)10-21-17(24)18(5-3-4-6-18)13-7-14(19)9-15(20)8-13/h7-9,11H,3-6,10H2,1-2H3,(H,21,24). The molecular weight excluding hydrogens is 328 g/mol. The third-order valence-corrected chi connectivity index (χ3v) is 4.81. The Morgan fingerprint density at radius 1 is 1.28 bits per heavy atom. The predicted molar refractivity (Wildman–Crippen MR) is 88.1 cm³/mol. The van der Waals surface area contributed by atoms with E-state index in [0.29, 0.717) is 24.3 Å². The van der Waals surface area contributed by atoms with Gasteiger partial charge in [-0.3, -0.25) is 9.48 Å². The summed E-state index contributed by atoms with van der Waals surface area (Å²) in [4.78, 5) is 12.9. The van der Waals surface area contributed by atoms with Gasteiger partial charge in [-0.1, -0.05) is 12.8 Å². The van der Waals surface area contributed by atoms with Crippen LogP contribution in [0, 0.1) is 11.6 Å². The first-order valence-corrected chi connectivity index (χ1v) is 8.26. The summed E-state index contributed by atoms with van der Waals surface area (Å²) in [6.07, 6.45) is 4.61. The molecule has 0 unspecified atom stereocenters. The Labute approximate surface area is 145 Å². The van der Waals surface area contributed by atoms with E-state index in [1.54, 1.807) is 17.9 Å². The summed E-state index contributed by atoms with van der Waals surface area (Å²) in [5.41, 5.74) is 0.258. The molecule has 5 nitrogen and oxygen atoms in total. The van der Waals surface area contributed by atoms with Crippen molar-refractivity contribution in [3.8, 4) is 5.88 Å². The molecule has 25 heavy (non-hydrogen) atoms. The van der Waals surface area contributed by atoms with Gasteiger partial charge in [0.1, 0.15) is 11.6 Å². The summed E-state index contributed by atoms with van der Waals surface area (Å²) in [5, 5.41) is 7.04. The first-order chi connectivity index (χ1) is 11.9. The van der Waals surface area contributed by atoms with Crippen molar-refractivity contribution < 1.29 is 18.3 Å². The molecule has 0 spiro atoms. The monoisotopic (exact) mass is 349 g/mol. The Balaban J connectivity index is 1.84. The third kappa shape index (κ3) is 3.36. The van der Waals surface area contributed by atoms with E-state index in [9.17, 15) is 13.6 Å². The maximum atomic E-state index is 13.7. The highest BCUT2D eigenvalue weighted by Crippen LogP contribution is 2.42. The summed E-state index contributed by atoms with van der Waals surface area (Å²) in [7, 11) is 3.28. The highest BCUT2D eigenvalue weighted by molar-refractivity contribution is 5.88. The van der Waals surface area contributed by atoms with Crippen molar-refractivity contribution in [3.63, 3.8) is 0 Å². The normalized spacial score (nSPS) is 16.0. The van der Waals surface area contributed by atoms with Gasteiger partial charge < -0.3 is 10.1 Å². The Bertz CT molecular complexity index is 762. The number of benzene rings is 1. The quantitative estimate of drug-likeness (QED) is 0.903. The molecule has 0 atom stereocenters. The SMILES string of the molecule is COc1nn(C)cc1CNC(=O)C1(c2cc(F)cc(F)c2)CCCC1. The molecule has 1 aromatic heterocycles. The van der Waals surface area contributed by atoms with Crippen molar-refractivity contribution in [3.05, 3.63) is 47.2 Å². The first-order valence-electron chi connectivity index (χ1n) is 8.26. The van der Waals surface area contributed by atoms with Crippen molar-refractivity contribution in [2.75, 3.05) is 7.11 Å². The minimum atomic E-state index is -0.890. The number of rotatable bonds is 5. The van der Waals surface area contributed by atoms with Crippen molar-refractivity contribution in [2.24, 2.45) is 7.05 Å². The maximum Gasteiger partial charge on any atom is 0.237 e. The molecule has 134 valence electrons. The Hall–Kier alpha value is -2.44. The van der Waals surface area contributed by atoms with E-state index in [-0.39, 0.29) is 12.5 Å². The molecule has 2 aromatic rings. The summed E-state index contributed by atoms with van der Waals surface area (Å²) < 4.78 is 34.1. The molecule has 0 radical (unpaired) electrons. The number of amides is 1. The molecule has 0 bridgehead atoms. The van der Waals surface area contributed by atoms with Gasteiger partial charge in [0.2, 0.25) is 11.8 Å². The molecule has 1 aliphatic rings. The average Bonchev–Trinajstić information content (AvgIpc) is 3.19. The van der Waals surface area contributed by atoms with Gasteiger partial charge in [0.15, 0.2) is 0 Å². The zero-order valence-electron chi connectivity index (χ0n) is 14.3. The second-order valence-electron chi connectivity index (χ2n) is 6.47. The lowest BCUT2D eigenvalue weighted by Crippen LogP contribution is -2.42. The fraction of sp³-hybridized carbons (Fsp3) is 0.444. The molecule has 3 rings (SSSR count). The summed E-state index contributed by atoms with van der Waals surface area (Å²) >= 11 is 0. The number of carbonyl (C=O) groups excluding carboxylic acids is 1. The molecule has 1 saturated carbocycles. The fourth-order valence-corrected chi connectivity index (χ4v) is 3.61. The summed E-state index contributed by atoms with van der Waals surface area (Å²) in [6, 6.07) is 3.35. The Kier molecular flexibility index (Phi) is 4.74. The number of hydrogen-bond donors (Lipinski definition) is 1. The van der Waals surface area contributed by atoms with E-state index in [2.05, 4.69) is 10.4 Å². The Morgan fingerprint density at radius 2 is 1.92 bits per heavy atom. The zero-order chi connectivity index (χ0) is 18.0. The van der Waals surface area contributed by atoms with Crippen LogP contribution < -0.4 is 10.1 Å². The van der Waals surface area contributed by atoms with Crippen molar-refractivity contribution in [1.29, 1.82) is 0 Å². The van der Waals surface area contributed by atoms with E-state index in [1.165, 1.54) is 19.2 Å². The van der Waals surface area contributed by atoms with Crippen LogP contribution in [0.1, 0.15) is 36.8 Å². The molecule has 1 aliphatic carbocycles. The third-order valence-electron chi connectivity index (χ3n) is 4.81. The highest BCUT2D eigenvalue weighted by Gasteiger charge is 2.43. The van der Waals surface area contributed by atoms with E-state index in [1.807, 2.05) is 0 Å². The number of methoxy groups -OCH3 is 1. The fourth-order valence-electron chi connectivity index (χ4n) is 3.61. The lowest BCUT2D eigenvalue weighted by atomic mass is 9.78.